The summed E-state index contributed by atoms with van der Waals surface area (Å²) in [5.41, 5.74) is 0.141. The minimum Gasteiger partial charge on any atom is -0.466 e. The number of carbonyl (C=O) groups is 2. The van der Waals surface area contributed by atoms with Gasteiger partial charge in [0.15, 0.2) is 5.44 Å². The molecule has 4 rings (SSSR count). The third kappa shape index (κ3) is 3.71. The van der Waals surface area contributed by atoms with Crippen molar-refractivity contribution in [2.24, 2.45) is 0 Å². The van der Waals surface area contributed by atoms with Gasteiger partial charge in [0.25, 0.3) is 0 Å². The van der Waals surface area contributed by atoms with Gasteiger partial charge in [0.2, 0.25) is 15.7 Å². The lowest BCUT2D eigenvalue weighted by Gasteiger charge is -2.27. The molecule has 0 radical (unpaired) electrons. The fourth-order valence-corrected chi connectivity index (χ4v) is 5.32. The van der Waals surface area contributed by atoms with E-state index < -0.39 is 39.2 Å². The van der Waals surface area contributed by atoms with E-state index in [0.717, 1.165) is 5.56 Å². The highest BCUT2D eigenvalue weighted by Crippen LogP contribution is 2.44. The number of esters is 1. The van der Waals surface area contributed by atoms with Crippen LogP contribution in [0.3, 0.4) is 0 Å². The fraction of sp³-hybridized carbons (Fsp3) is 0.333. The van der Waals surface area contributed by atoms with Gasteiger partial charge in [0.05, 0.1) is 24.0 Å². The lowest BCUT2D eigenvalue weighted by molar-refractivity contribution is -0.184. The number of fused-ring (bicyclic) bond motifs is 3. The van der Waals surface area contributed by atoms with Crippen LogP contribution < -0.4 is 5.32 Å². The van der Waals surface area contributed by atoms with Gasteiger partial charge in [-0.3, -0.25) is 14.4 Å². The van der Waals surface area contributed by atoms with Gasteiger partial charge in [-0.15, -0.1) is 0 Å². The molecule has 0 aromatic heterocycles. The topological polar surface area (TPSA) is 102 Å². The molecule has 0 unspecified atom stereocenters. The van der Waals surface area contributed by atoms with E-state index in [4.69, 9.17) is 9.57 Å². The second-order valence-electron chi connectivity index (χ2n) is 7.11. The quantitative estimate of drug-likeness (QED) is 0.727. The van der Waals surface area contributed by atoms with Gasteiger partial charge in [0.1, 0.15) is 6.04 Å². The van der Waals surface area contributed by atoms with Gasteiger partial charge in [-0.2, -0.15) is 5.06 Å². The highest BCUT2D eigenvalue weighted by atomic mass is 32.2. The number of sulfone groups is 1. The second-order valence-corrected chi connectivity index (χ2v) is 9.19. The summed E-state index contributed by atoms with van der Waals surface area (Å²) in [5, 5.41) is 4.17. The highest BCUT2D eigenvalue weighted by Gasteiger charge is 2.49. The van der Waals surface area contributed by atoms with Gasteiger partial charge in [-0.05, 0) is 30.7 Å². The van der Waals surface area contributed by atoms with Crippen LogP contribution in [0.2, 0.25) is 0 Å². The van der Waals surface area contributed by atoms with Crippen LogP contribution in [-0.2, 0) is 29.0 Å². The molecular weight excluding hydrogens is 408 g/mol. The van der Waals surface area contributed by atoms with Crippen molar-refractivity contribution in [3.8, 4) is 0 Å². The standard InChI is InChI=1S/C21H22N2O6S/c1-2-28-19(24)12-18-21(25)22-16-11-7-6-10-15(16)17-13-20(29-23(17)18)30(26,27)14-8-4-3-5-9-14/h3-11,17-18,20H,2,12-13H2,1H3,(H,22,25)/t17-,18+,20+/m0/s1. The molecule has 0 spiro atoms. The first kappa shape index (κ1) is 20.5. The van der Waals surface area contributed by atoms with Crippen molar-refractivity contribution in [1.82, 2.24) is 5.06 Å². The summed E-state index contributed by atoms with van der Waals surface area (Å²) in [6.45, 7) is 1.86. The van der Waals surface area contributed by atoms with E-state index in [2.05, 4.69) is 5.32 Å². The molecule has 0 bridgehead atoms. The fourth-order valence-electron chi connectivity index (χ4n) is 3.83. The molecule has 2 aliphatic heterocycles. The maximum atomic E-state index is 13.1. The number of para-hydroxylation sites is 1. The Bertz CT molecular complexity index is 1060. The molecule has 2 aromatic carbocycles. The van der Waals surface area contributed by atoms with Crippen LogP contribution in [0.25, 0.3) is 0 Å². The molecular formula is C21H22N2O6S. The predicted molar refractivity (Wildman–Crippen MR) is 108 cm³/mol. The number of benzene rings is 2. The number of amides is 1. The monoisotopic (exact) mass is 430 g/mol. The minimum atomic E-state index is -3.80. The van der Waals surface area contributed by atoms with Crippen molar-refractivity contribution in [3.63, 3.8) is 0 Å². The Labute approximate surface area is 174 Å². The molecule has 0 saturated carbocycles. The van der Waals surface area contributed by atoms with Crippen LogP contribution >= 0.6 is 0 Å². The van der Waals surface area contributed by atoms with Crippen LogP contribution in [0.5, 0.6) is 0 Å². The SMILES string of the molecule is CCOC(=O)C[C@@H]1C(=O)Nc2ccccc2[C@@H]2C[C@@H](S(=O)(=O)c3ccccc3)ON12. The smallest absolute Gasteiger partial charge is 0.308 e. The second kappa shape index (κ2) is 8.17. The van der Waals surface area contributed by atoms with Gasteiger partial charge in [-0.1, -0.05) is 36.4 Å². The van der Waals surface area contributed by atoms with Crippen LogP contribution in [-0.4, -0.2) is 43.4 Å². The molecule has 1 saturated heterocycles. The summed E-state index contributed by atoms with van der Waals surface area (Å²) >= 11 is 0. The molecule has 0 aliphatic carbocycles. The number of carbonyl (C=O) groups excluding carboxylic acids is 2. The number of nitrogens with one attached hydrogen (secondary N) is 1. The Hall–Kier alpha value is -2.75. The van der Waals surface area contributed by atoms with E-state index in [9.17, 15) is 18.0 Å². The number of hydrogen-bond donors (Lipinski definition) is 1. The van der Waals surface area contributed by atoms with Gasteiger partial charge in [0, 0.05) is 12.1 Å². The largest absolute Gasteiger partial charge is 0.466 e. The van der Waals surface area contributed by atoms with E-state index >= 15 is 0 Å². The third-order valence-corrected chi connectivity index (χ3v) is 7.13. The van der Waals surface area contributed by atoms with Gasteiger partial charge >= 0.3 is 5.97 Å². The Morgan fingerprint density at radius 1 is 1.17 bits per heavy atom. The third-order valence-electron chi connectivity index (χ3n) is 5.23. The maximum absolute atomic E-state index is 13.1. The van der Waals surface area contributed by atoms with E-state index in [0.29, 0.717) is 5.69 Å². The van der Waals surface area contributed by atoms with Crippen LogP contribution in [0, 0.1) is 0 Å². The van der Waals surface area contributed by atoms with Crippen molar-refractivity contribution in [3.05, 3.63) is 60.2 Å². The zero-order chi connectivity index (χ0) is 21.3. The number of anilines is 1. The lowest BCUT2D eigenvalue weighted by Crippen LogP contribution is -2.43. The first-order valence-corrected chi connectivity index (χ1v) is 11.3. The maximum Gasteiger partial charge on any atom is 0.308 e. The molecule has 1 N–H and O–H groups in total. The van der Waals surface area contributed by atoms with Crippen LogP contribution in [0.15, 0.2) is 59.5 Å². The summed E-state index contributed by atoms with van der Waals surface area (Å²) in [5.74, 6) is -1.00. The van der Waals surface area contributed by atoms with Crippen LogP contribution in [0.1, 0.15) is 31.4 Å². The lowest BCUT2D eigenvalue weighted by atomic mass is 10.0. The average Bonchev–Trinajstić information content (AvgIpc) is 3.15. The summed E-state index contributed by atoms with van der Waals surface area (Å²) in [4.78, 5) is 31.0. The Morgan fingerprint density at radius 2 is 1.87 bits per heavy atom. The van der Waals surface area contributed by atoms with E-state index in [1.54, 1.807) is 37.3 Å². The zero-order valence-electron chi connectivity index (χ0n) is 16.4. The Kier molecular flexibility index (Phi) is 5.59. The van der Waals surface area contributed by atoms with Crippen molar-refractivity contribution in [2.45, 2.75) is 42.2 Å². The molecule has 158 valence electrons. The molecule has 1 fully saturated rings. The molecule has 30 heavy (non-hydrogen) atoms. The van der Waals surface area contributed by atoms with Crippen LogP contribution in [0.4, 0.5) is 5.69 Å². The summed E-state index contributed by atoms with van der Waals surface area (Å²) in [6, 6.07) is 13.7. The molecule has 9 heteroatoms. The number of ether oxygens (including phenoxy) is 1. The van der Waals surface area contributed by atoms with E-state index in [1.807, 2.05) is 12.1 Å². The summed E-state index contributed by atoms with van der Waals surface area (Å²) in [6.07, 6.45) is -0.120. The predicted octanol–water partition coefficient (Wildman–Crippen LogP) is 2.44. The van der Waals surface area contributed by atoms with Gasteiger partial charge < -0.3 is 10.1 Å². The molecule has 2 heterocycles. The van der Waals surface area contributed by atoms with E-state index in [-0.39, 0.29) is 24.3 Å². The molecule has 3 atom stereocenters. The Morgan fingerprint density at radius 3 is 2.60 bits per heavy atom. The number of hydrogen-bond acceptors (Lipinski definition) is 7. The first-order chi connectivity index (χ1) is 14.4. The van der Waals surface area contributed by atoms with Gasteiger partial charge in [-0.25, -0.2) is 8.42 Å². The van der Waals surface area contributed by atoms with Crippen molar-refractivity contribution in [1.29, 1.82) is 0 Å². The molecule has 1 amide bonds. The van der Waals surface area contributed by atoms with E-state index in [1.165, 1.54) is 17.2 Å². The Balaban J connectivity index is 1.72. The highest BCUT2D eigenvalue weighted by molar-refractivity contribution is 7.92. The normalized spacial score (nSPS) is 23.8. The average molecular weight is 430 g/mol. The van der Waals surface area contributed by atoms with Crippen molar-refractivity contribution in [2.75, 3.05) is 11.9 Å². The van der Waals surface area contributed by atoms with Crippen molar-refractivity contribution < 1.29 is 27.6 Å². The summed E-state index contributed by atoms with van der Waals surface area (Å²) in [7, 11) is -3.80. The number of nitrogens with zero attached hydrogens (tertiary/aromatic N) is 1. The zero-order valence-corrected chi connectivity index (χ0v) is 17.2. The molecule has 2 aromatic rings. The molecule has 2 aliphatic rings. The molecule has 8 nitrogen and oxygen atoms in total. The first-order valence-electron chi connectivity index (χ1n) is 9.71. The van der Waals surface area contributed by atoms with Crippen molar-refractivity contribution >= 4 is 27.4 Å². The number of hydroxylamine groups is 2. The minimum absolute atomic E-state index is 0.128. The number of rotatable bonds is 5. The summed E-state index contributed by atoms with van der Waals surface area (Å²) < 4.78 is 31.3.